The number of hydrogen-bond acceptors (Lipinski definition) is 4. The fourth-order valence-corrected chi connectivity index (χ4v) is 2.17. The lowest BCUT2D eigenvalue weighted by Gasteiger charge is -2.20. The molecule has 0 aliphatic heterocycles. The van der Waals surface area contributed by atoms with Gasteiger partial charge < -0.3 is 19.9 Å². The highest BCUT2D eigenvalue weighted by Crippen LogP contribution is 2.28. The highest BCUT2D eigenvalue weighted by Gasteiger charge is 2.26. The lowest BCUT2D eigenvalue weighted by molar-refractivity contribution is -0.143. The summed E-state index contributed by atoms with van der Waals surface area (Å²) >= 11 is 0. The van der Waals surface area contributed by atoms with E-state index in [2.05, 4.69) is 5.32 Å². The first kappa shape index (κ1) is 17.8. The second-order valence-electron chi connectivity index (χ2n) is 5.09. The molecular weight excluding hydrogens is 286 g/mol. The zero-order chi connectivity index (χ0) is 16.7. The molecule has 6 nitrogen and oxygen atoms in total. The first-order valence-corrected chi connectivity index (χ1v) is 7.16. The number of nitrogens with one attached hydrogen (secondary N) is 1. The number of ether oxygens (including phenoxy) is 2. The van der Waals surface area contributed by atoms with Gasteiger partial charge in [-0.2, -0.15) is 0 Å². The molecule has 0 bridgehead atoms. The van der Waals surface area contributed by atoms with Gasteiger partial charge in [-0.05, 0) is 18.1 Å². The minimum atomic E-state index is -1.03. The van der Waals surface area contributed by atoms with Crippen LogP contribution in [0.4, 0.5) is 0 Å². The summed E-state index contributed by atoms with van der Waals surface area (Å²) in [6.45, 7) is 3.68. The molecule has 0 aliphatic rings. The Labute approximate surface area is 130 Å². The van der Waals surface area contributed by atoms with E-state index in [1.165, 1.54) is 14.2 Å². The van der Waals surface area contributed by atoms with Crippen LogP contribution in [-0.2, 0) is 16.0 Å². The summed E-state index contributed by atoms with van der Waals surface area (Å²) in [6, 6.07) is 4.32. The third kappa shape index (κ3) is 4.38. The average molecular weight is 309 g/mol. The van der Waals surface area contributed by atoms with Gasteiger partial charge in [-0.1, -0.05) is 26.3 Å². The fourth-order valence-electron chi connectivity index (χ4n) is 2.17. The third-order valence-corrected chi connectivity index (χ3v) is 3.66. The molecular formula is C16H23NO5. The van der Waals surface area contributed by atoms with E-state index >= 15 is 0 Å². The van der Waals surface area contributed by atoms with Crippen molar-refractivity contribution in [3.05, 3.63) is 23.8 Å². The molecule has 2 N–H and O–H groups in total. The van der Waals surface area contributed by atoms with E-state index in [1.54, 1.807) is 25.1 Å². The Balaban J connectivity index is 2.91. The van der Waals surface area contributed by atoms with Gasteiger partial charge in [0, 0.05) is 5.56 Å². The number of hydrogen-bond donors (Lipinski definition) is 2. The molecule has 1 aromatic rings. The molecule has 0 heterocycles. The van der Waals surface area contributed by atoms with Crippen LogP contribution in [0.1, 0.15) is 25.8 Å². The number of carboxylic acid groups (broad SMARTS) is 1. The minimum Gasteiger partial charge on any atom is -0.496 e. The largest absolute Gasteiger partial charge is 0.496 e. The lowest BCUT2D eigenvalue weighted by Crippen LogP contribution is -2.45. The number of aliphatic carboxylic acids is 1. The molecule has 2 atom stereocenters. The Bertz CT molecular complexity index is 507. The van der Waals surface area contributed by atoms with Crippen LogP contribution in [0.2, 0.25) is 0 Å². The van der Waals surface area contributed by atoms with E-state index in [9.17, 15) is 14.7 Å². The van der Waals surface area contributed by atoms with Crippen molar-refractivity contribution in [3.8, 4) is 11.5 Å². The fraction of sp³-hybridized carbons (Fsp3) is 0.500. The summed E-state index contributed by atoms with van der Waals surface area (Å²) in [5, 5.41) is 11.8. The smallest absolute Gasteiger partial charge is 0.326 e. The van der Waals surface area contributed by atoms with Gasteiger partial charge in [0.05, 0.1) is 20.6 Å². The Morgan fingerprint density at radius 3 is 2.18 bits per heavy atom. The Kier molecular flexibility index (Phi) is 6.69. The summed E-state index contributed by atoms with van der Waals surface area (Å²) < 4.78 is 10.5. The van der Waals surface area contributed by atoms with Crippen LogP contribution in [0.15, 0.2) is 18.2 Å². The predicted octanol–water partition coefficient (Wildman–Crippen LogP) is 1.86. The van der Waals surface area contributed by atoms with Crippen LogP contribution in [0.5, 0.6) is 11.5 Å². The predicted molar refractivity (Wildman–Crippen MR) is 82.3 cm³/mol. The Hall–Kier alpha value is -2.24. The summed E-state index contributed by atoms with van der Waals surface area (Å²) in [4.78, 5) is 23.5. The van der Waals surface area contributed by atoms with Crippen molar-refractivity contribution in [1.29, 1.82) is 0 Å². The lowest BCUT2D eigenvalue weighted by atomic mass is 9.99. The Morgan fingerprint density at radius 1 is 1.23 bits per heavy atom. The second kappa shape index (κ2) is 8.26. The zero-order valence-electron chi connectivity index (χ0n) is 13.4. The van der Waals surface area contributed by atoms with Gasteiger partial charge in [-0.3, -0.25) is 4.79 Å². The van der Waals surface area contributed by atoms with Crippen molar-refractivity contribution in [1.82, 2.24) is 5.32 Å². The molecule has 1 amide bonds. The van der Waals surface area contributed by atoms with Gasteiger partial charge in [0.15, 0.2) is 0 Å². The van der Waals surface area contributed by atoms with Crippen LogP contribution in [0, 0.1) is 5.92 Å². The SMILES string of the molecule is CC[C@H](C)[C@H](NC(=O)Cc1c(OC)cccc1OC)C(=O)O. The maximum Gasteiger partial charge on any atom is 0.326 e. The number of carbonyl (C=O) groups is 2. The topological polar surface area (TPSA) is 84.9 Å². The van der Waals surface area contributed by atoms with E-state index in [4.69, 9.17) is 9.47 Å². The van der Waals surface area contributed by atoms with E-state index in [1.807, 2.05) is 6.92 Å². The third-order valence-electron chi connectivity index (χ3n) is 3.66. The molecule has 6 heteroatoms. The van der Waals surface area contributed by atoms with Gasteiger partial charge in [0.25, 0.3) is 0 Å². The number of carbonyl (C=O) groups excluding carboxylic acids is 1. The zero-order valence-corrected chi connectivity index (χ0v) is 13.4. The molecule has 0 fully saturated rings. The molecule has 0 unspecified atom stereocenters. The highest BCUT2D eigenvalue weighted by atomic mass is 16.5. The van der Waals surface area contributed by atoms with Crippen LogP contribution in [0.25, 0.3) is 0 Å². The van der Waals surface area contributed by atoms with E-state index in [0.29, 0.717) is 23.5 Å². The molecule has 0 aromatic heterocycles. The summed E-state index contributed by atoms with van der Waals surface area (Å²) in [5.74, 6) is -0.499. The quantitative estimate of drug-likeness (QED) is 0.765. The number of rotatable bonds is 8. The van der Waals surface area contributed by atoms with E-state index in [-0.39, 0.29) is 18.2 Å². The number of benzene rings is 1. The van der Waals surface area contributed by atoms with Crippen molar-refractivity contribution >= 4 is 11.9 Å². The molecule has 122 valence electrons. The molecule has 0 saturated carbocycles. The minimum absolute atomic E-state index is 0.00655. The average Bonchev–Trinajstić information content (AvgIpc) is 2.51. The van der Waals surface area contributed by atoms with E-state index in [0.717, 1.165) is 0 Å². The van der Waals surface area contributed by atoms with Crippen molar-refractivity contribution in [2.45, 2.75) is 32.7 Å². The van der Waals surface area contributed by atoms with Gasteiger partial charge in [-0.25, -0.2) is 4.79 Å². The van der Waals surface area contributed by atoms with Gasteiger partial charge in [-0.15, -0.1) is 0 Å². The van der Waals surface area contributed by atoms with Crippen molar-refractivity contribution < 1.29 is 24.2 Å². The summed E-state index contributed by atoms with van der Waals surface area (Å²) in [5.41, 5.74) is 0.596. The van der Waals surface area contributed by atoms with Crippen LogP contribution in [-0.4, -0.2) is 37.2 Å². The second-order valence-corrected chi connectivity index (χ2v) is 5.09. The number of carboxylic acids is 1. The first-order valence-electron chi connectivity index (χ1n) is 7.16. The highest BCUT2D eigenvalue weighted by molar-refractivity contribution is 5.85. The van der Waals surface area contributed by atoms with Gasteiger partial charge >= 0.3 is 5.97 Å². The summed E-state index contributed by atoms with van der Waals surface area (Å²) in [6.07, 6.45) is 0.655. The summed E-state index contributed by atoms with van der Waals surface area (Å²) in [7, 11) is 3.02. The normalized spacial score (nSPS) is 13.1. The van der Waals surface area contributed by atoms with Crippen molar-refractivity contribution in [3.63, 3.8) is 0 Å². The maximum atomic E-state index is 12.2. The van der Waals surface area contributed by atoms with Gasteiger partial charge in [0.1, 0.15) is 17.5 Å². The van der Waals surface area contributed by atoms with Crippen molar-refractivity contribution in [2.75, 3.05) is 14.2 Å². The van der Waals surface area contributed by atoms with E-state index < -0.39 is 12.0 Å². The number of methoxy groups -OCH3 is 2. The molecule has 0 spiro atoms. The Morgan fingerprint density at radius 2 is 1.77 bits per heavy atom. The van der Waals surface area contributed by atoms with Crippen LogP contribution < -0.4 is 14.8 Å². The number of amides is 1. The monoisotopic (exact) mass is 309 g/mol. The molecule has 0 radical (unpaired) electrons. The molecule has 1 rings (SSSR count). The maximum absolute atomic E-state index is 12.2. The molecule has 22 heavy (non-hydrogen) atoms. The standard InChI is InChI=1S/C16H23NO5/c1-5-10(2)15(16(19)20)17-14(18)9-11-12(21-3)7-6-8-13(11)22-4/h6-8,10,15H,5,9H2,1-4H3,(H,17,18)(H,19,20)/t10-,15-/m0/s1. The van der Waals surface area contributed by atoms with Gasteiger partial charge in [0.2, 0.25) is 5.91 Å². The van der Waals surface area contributed by atoms with Crippen LogP contribution in [0.3, 0.4) is 0 Å². The van der Waals surface area contributed by atoms with Crippen molar-refractivity contribution in [2.24, 2.45) is 5.92 Å². The molecule has 1 aromatic carbocycles. The molecule has 0 aliphatic carbocycles. The van der Waals surface area contributed by atoms with Crippen LogP contribution >= 0.6 is 0 Å². The molecule has 0 saturated heterocycles. The first-order chi connectivity index (χ1) is 10.4.